The fourth-order valence-electron chi connectivity index (χ4n) is 3.60. The van der Waals surface area contributed by atoms with E-state index in [0.29, 0.717) is 0 Å². The molecule has 0 spiro atoms. The fraction of sp³-hybridized carbons (Fsp3) is 0.667. The van der Waals surface area contributed by atoms with E-state index in [1.807, 2.05) is 12.1 Å². The molecule has 1 aromatic rings. The summed E-state index contributed by atoms with van der Waals surface area (Å²) in [6.07, 6.45) is 7.16. The topological polar surface area (TPSA) is 21.3 Å². The van der Waals surface area contributed by atoms with Gasteiger partial charge in [-0.2, -0.15) is 0 Å². The quantitative estimate of drug-likeness (QED) is 0.774. The summed E-state index contributed by atoms with van der Waals surface area (Å²) in [7, 11) is 0. The minimum Gasteiger partial charge on any atom is -0.373 e. The average molecular weight is 293 g/mol. The number of likely N-dealkylation sites (N-methyl/N-ethyl adjacent to an activating group) is 1. The van der Waals surface area contributed by atoms with E-state index >= 15 is 0 Å². The lowest BCUT2D eigenvalue weighted by Gasteiger charge is -2.41. The largest absolute Gasteiger partial charge is 0.373 e. The Morgan fingerprint density at radius 3 is 2.24 bits per heavy atom. The number of ether oxygens (including phenoxy) is 1. The Morgan fingerprint density at radius 2 is 1.71 bits per heavy atom. The Hall–Kier alpha value is -0.930. The summed E-state index contributed by atoms with van der Waals surface area (Å²) in [6, 6.07) is 7.04. The van der Waals surface area contributed by atoms with E-state index in [1.54, 1.807) is 12.1 Å². The first-order chi connectivity index (χ1) is 10.2. The highest BCUT2D eigenvalue weighted by molar-refractivity contribution is 5.23. The van der Waals surface area contributed by atoms with Crippen molar-refractivity contribution in [2.45, 2.75) is 64.0 Å². The molecule has 1 saturated carbocycles. The monoisotopic (exact) mass is 293 g/mol. The molecule has 1 aliphatic rings. The summed E-state index contributed by atoms with van der Waals surface area (Å²) in [5.74, 6) is -0.180. The maximum absolute atomic E-state index is 13.2. The second-order valence-electron chi connectivity index (χ2n) is 5.95. The Balaban J connectivity index is 2.32. The van der Waals surface area contributed by atoms with Crippen LogP contribution in [0.15, 0.2) is 24.3 Å². The van der Waals surface area contributed by atoms with Gasteiger partial charge >= 0.3 is 0 Å². The normalized spacial score (nSPS) is 20.0. The van der Waals surface area contributed by atoms with Crippen LogP contribution in [0.4, 0.5) is 4.39 Å². The zero-order valence-electron chi connectivity index (χ0n) is 13.3. The predicted molar refractivity (Wildman–Crippen MR) is 84.9 cm³/mol. The molecule has 1 N–H and O–H groups in total. The van der Waals surface area contributed by atoms with Crippen LogP contribution in [0.2, 0.25) is 0 Å². The van der Waals surface area contributed by atoms with E-state index in [1.165, 1.54) is 25.7 Å². The van der Waals surface area contributed by atoms with Gasteiger partial charge in [-0.3, -0.25) is 0 Å². The molecule has 0 radical (unpaired) electrons. The smallest absolute Gasteiger partial charge is 0.123 e. The van der Waals surface area contributed by atoms with Crippen molar-refractivity contribution in [3.63, 3.8) is 0 Å². The molecular formula is C18H28FNO. The van der Waals surface area contributed by atoms with Crippen molar-refractivity contribution in [2.75, 3.05) is 13.2 Å². The third-order valence-electron chi connectivity index (χ3n) is 4.52. The van der Waals surface area contributed by atoms with Crippen molar-refractivity contribution in [1.82, 2.24) is 5.32 Å². The minimum absolute atomic E-state index is 0.140. The highest BCUT2D eigenvalue weighted by atomic mass is 19.1. The van der Waals surface area contributed by atoms with Gasteiger partial charge in [-0.05, 0) is 44.0 Å². The predicted octanol–water partition coefficient (Wildman–Crippen LogP) is 4.61. The van der Waals surface area contributed by atoms with Gasteiger partial charge in [-0.15, -0.1) is 0 Å². The molecule has 1 aliphatic carbocycles. The third kappa shape index (κ3) is 4.04. The first-order valence-electron chi connectivity index (χ1n) is 8.34. The van der Waals surface area contributed by atoms with Crippen molar-refractivity contribution < 1.29 is 9.13 Å². The summed E-state index contributed by atoms with van der Waals surface area (Å²) in [4.78, 5) is 0. The molecule has 1 atom stereocenters. The highest BCUT2D eigenvalue weighted by Gasteiger charge is 2.40. The third-order valence-corrected chi connectivity index (χ3v) is 4.52. The van der Waals surface area contributed by atoms with E-state index in [4.69, 9.17) is 4.74 Å². The van der Waals surface area contributed by atoms with Crippen LogP contribution >= 0.6 is 0 Å². The Morgan fingerprint density at radius 1 is 1.10 bits per heavy atom. The second kappa shape index (κ2) is 7.90. The van der Waals surface area contributed by atoms with E-state index in [9.17, 15) is 4.39 Å². The lowest BCUT2D eigenvalue weighted by Crippen LogP contribution is -2.46. The molecule has 1 aromatic carbocycles. The number of nitrogens with one attached hydrogen (secondary N) is 1. The van der Waals surface area contributed by atoms with Gasteiger partial charge in [0, 0.05) is 6.61 Å². The summed E-state index contributed by atoms with van der Waals surface area (Å²) >= 11 is 0. The van der Waals surface area contributed by atoms with Gasteiger partial charge in [0.2, 0.25) is 0 Å². The number of hydrogen-bond acceptors (Lipinski definition) is 2. The van der Waals surface area contributed by atoms with E-state index in [2.05, 4.69) is 19.2 Å². The molecule has 0 aliphatic heterocycles. The van der Waals surface area contributed by atoms with Crippen LogP contribution < -0.4 is 5.32 Å². The van der Waals surface area contributed by atoms with Gasteiger partial charge in [0.15, 0.2) is 0 Å². The maximum Gasteiger partial charge on any atom is 0.123 e. The molecule has 1 fully saturated rings. The van der Waals surface area contributed by atoms with Crippen LogP contribution in [0.25, 0.3) is 0 Å². The van der Waals surface area contributed by atoms with Crippen molar-refractivity contribution >= 4 is 0 Å². The van der Waals surface area contributed by atoms with Gasteiger partial charge in [0.25, 0.3) is 0 Å². The maximum atomic E-state index is 13.2. The van der Waals surface area contributed by atoms with Gasteiger partial charge in [0.05, 0.1) is 11.6 Å². The van der Waals surface area contributed by atoms with Crippen LogP contribution in [0.1, 0.15) is 64.0 Å². The number of halogens is 1. The first kappa shape index (κ1) is 16.4. The molecule has 118 valence electrons. The molecule has 3 heteroatoms. The summed E-state index contributed by atoms with van der Waals surface area (Å²) in [6.45, 7) is 5.80. The van der Waals surface area contributed by atoms with Crippen LogP contribution in [0, 0.1) is 5.82 Å². The summed E-state index contributed by atoms with van der Waals surface area (Å²) in [5, 5.41) is 3.59. The molecular weight excluding hydrogens is 265 g/mol. The number of hydrogen-bond donors (Lipinski definition) is 1. The number of benzene rings is 1. The molecule has 0 amide bonds. The van der Waals surface area contributed by atoms with E-state index in [0.717, 1.165) is 31.6 Å². The van der Waals surface area contributed by atoms with Crippen molar-refractivity contribution in [2.24, 2.45) is 0 Å². The Kier molecular flexibility index (Phi) is 6.19. The van der Waals surface area contributed by atoms with Crippen LogP contribution in [-0.2, 0) is 4.74 Å². The average Bonchev–Trinajstić information content (AvgIpc) is 2.73. The van der Waals surface area contributed by atoms with Gasteiger partial charge in [-0.1, -0.05) is 44.7 Å². The molecule has 1 unspecified atom stereocenters. The zero-order chi connectivity index (χ0) is 15.1. The molecule has 0 bridgehead atoms. The molecule has 21 heavy (non-hydrogen) atoms. The SMILES string of the molecule is CCNC(c1ccc(F)cc1)C1(OCC)CCCCCC1. The van der Waals surface area contributed by atoms with E-state index in [-0.39, 0.29) is 17.5 Å². The van der Waals surface area contributed by atoms with Crippen molar-refractivity contribution in [1.29, 1.82) is 0 Å². The Labute approximate surface area is 128 Å². The first-order valence-corrected chi connectivity index (χ1v) is 8.34. The summed E-state index contributed by atoms with van der Waals surface area (Å²) in [5.41, 5.74) is 0.979. The van der Waals surface area contributed by atoms with E-state index < -0.39 is 0 Å². The molecule has 0 heterocycles. The minimum atomic E-state index is -0.180. The Bertz CT molecular complexity index is 410. The van der Waals surface area contributed by atoms with Crippen LogP contribution in [-0.4, -0.2) is 18.8 Å². The van der Waals surface area contributed by atoms with Crippen molar-refractivity contribution in [3.05, 3.63) is 35.6 Å². The zero-order valence-corrected chi connectivity index (χ0v) is 13.3. The van der Waals surface area contributed by atoms with Gasteiger partial charge in [-0.25, -0.2) is 4.39 Å². The standard InChI is InChI=1S/C18H28FNO/c1-3-20-17(15-9-11-16(19)12-10-15)18(21-4-2)13-7-5-6-8-14-18/h9-12,17,20H,3-8,13-14H2,1-2H3. The molecule has 2 nitrogen and oxygen atoms in total. The molecule has 2 rings (SSSR count). The number of rotatable bonds is 6. The lowest BCUT2D eigenvalue weighted by molar-refractivity contribution is -0.0779. The highest BCUT2D eigenvalue weighted by Crippen LogP contribution is 2.40. The lowest BCUT2D eigenvalue weighted by atomic mass is 9.82. The molecule has 0 aromatic heterocycles. The van der Waals surface area contributed by atoms with Gasteiger partial charge < -0.3 is 10.1 Å². The van der Waals surface area contributed by atoms with Crippen LogP contribution in [0.5, 0.6) is 0 Å². The fourth-order valence-corrected chi connectivity index (χ4v) is 3.60. The molecule has 0 saturated heterocycles. The second-order valence-corrected chi connectivity index (χ2v) is 5.95. The van der Waals surface area contributed by atoms with Crippen molar-refractivity contribution in [3.8, 4) is 0 Å². The van der Waals surface area contributed by atoms with Gasteiger partial charge in [0.1, 0.15) is 5.82 Å². The summed E-state index contributed by atoms with van der Waals surface area (Å²) < 4.78 is 19.5. The van der Waals surface area contributed by atoms with Crippen LogP contribution in [0.3, 0.4) is 0 Å².